The van der Waals surface area contributed by atoms with E-state index in [4.69, 9.17) is 16.6 Å². The summed E-state index contributed by atoms with van der Waals surface area (Å²) < 4.78 is 1.96. The molecule has 0 aromatic carbocycles. The van der Waals surface area contributed by atoms with E-state index >= 15 is 0 Å². The van der Waals surface area contributed by atoms with Crippen molar-refractivity contribution in [3.05, 3.63) is 65.5 Å². The van der Waals surface area contributed by atoms with Crippen molar-refractivity contribution in [2.24, 2.45) is 4.99 Å². The lowest BCUT2D eigenvalue weighted by atomic mass is 10.2. The highest BCUT2D eigenvalue weighted by atomic mass is 35.5. The van der Waals surface area contributed by atoms with Gasteiger partial charge in [0.25, 0.3) is 0 Å². The molecule has 0 aliphatic carbocycles. The largest absolute Gasteiger partial charge is 0.357 e. The van der Waals surface area contributed by atoms with E-state index in [1.165, 1.54) is 0 Å². The quantitative estimate of drug-likeness (QED) is 0.454. The van der Waals surface area contributed by atoms with Gasteiger partial charge in [0.05, 0.1) is 11.6 Å². The molecule has 31 heavy (non-hydrogen) atoms. The first-order chi connectivity index (χ1) is 15.1. The molecule has 1 unspecified atom stereocenters. The van der Waals surface area contributed by atoms with Crippen LogP contribution in [-0.4, -0.2) is 51.2 Å². The number of rotatable bonds is 6. The number of hydrogen-bond acceptors (Lipinski definition) is 5. The highest BCUT2D eigenvalue weighted by Gasteiger charge is 2.25. The molecule has 0 bridgehead atoms. The predicted molar refractivity (Wildman–Crippen MR) is 124 cm³/mol. The third-order valence-electron chi connectivity index (χ3n) is 5.21. The van der Waals surface area contributed by atoms with E-state index in [1.54, 1.807) is 12.4 Å². The predicted octanol–water partition coefficient (Wildman–Crippen LogP) is 2.96. The summed E-state index contributed by atoms with van der Waals surface area (Å²) in [5.41, 5.74) is 1.05. The van der Waals surface area contributed by atoms with Gasteiger partial charge < -0.3 is 15.5 Å². The van der Waals surface area contributed by atoms with Crippen LogP contribution in [-0.2, 0) is 6.54 Å². The van der Waals surface area contributed by atoms with Gasteiger partial charge in [-0.1, -0.05) is 17.7 Å². The Labute approximate surface area is 187 Å². The lowest BCUT2D eigenvalue weighted by molar-refractivity contribution is 0.648. The van der Waals surface area contributed by atoms with Crippen LogP contribution in [0.5, 0.6) is 0 Å². The normalized spacial score (nSPS) is 16.5. The standard InChI is InChI=1S/C22H27ClN8/c1-3-24-22(29-18-8-11-30(15-18)21-19(23)5-4-9-26-21)28-14-17-6-7-20(27-13-17)31-12-10-25-16(31)2/h4-7,9-10,12-13,18H,3,8,11,14-15H2,1-2H3,(H2,24,28,29). The Kier molecular flexibility index (Phi) is 6.66. The molecule has 1 saturated heterocycles. The zero-order chi connectivity index (χ0) is 21.6. The number of anilines is 1. The number of hydrogen-bond donors (Lipinski definition) is 2. The number of imidazole rings is 1. The van der Waals surface area contributed by atoms with Crippen molar-refractivity contribution in [2.45, 2.75) is 32.9 Å². The maximum Gasteiger partial charge on any atom is 0.191 e. The van der Waals surface area contributed by atoms with Crippen LogP contribution in [0.25, 0.3) is 5.82 Å². The lowest BCUT2D eigenvalue weighted by Gasteiger charge is -2.20. The van der Waals surface area contributed by atoms with Crippen molar-refractivity contribution < 1.29 is 0 Å². The third kappa shape index (κ3) is 5.14. The van der Waals surface area contributed by atoms with Crippen LogP contribution in [0.3, 0.4) is 0 Å². The summed E-state index contributed by atoms with van der Waals surface area (Å²) in [5.74, 6) is 3.41. The smallest absolute Gasteiger partial charge is 0.191 e. The average molecular weight is 439 g/mol. The molecule has 3 aromatic heterocycles. The molecule has 4 heterocycles. The fraction of sp³-hybridized carbons (Fsp3) is 0.364. The summed E-state index contributed by atoms with van der Waals surface area (Å²) in [4.78, 5) is 20.2. The molecule has 0 saturated carbocycles. The summed E-state index contributed by atoms with van der Waals surface area (Å²) in [6.45, 7) is 7.11. The van der Waals surface area contributed by atoms with Crippen LogP contribution in [0.4, 0.5) is 5.82 Å². The first-order valence-corrected chi connectivity index (χ1v) is 10.9. The van der Waals surface area contributed by atoms with Gasteiger partial charge in [-0.15, -0.1) is 0 Å². The number of nitrogens with one attached hydrogen (secondary N) is 2. The minimum atomic E-state index is 0.278. The van der Waals surface area contributed by atoms with Crippen molar-refractivity contribution in [3.8, 4) is 5.82 Å². The highest BCUT2D eigenvalue weighted by Crippen LogP contribution is 2.25. The number of aliphatic imine (C=N–C) groups is 1. The Morgan fingerprint density at radius 1 is 1.23 bits per heavy atom. The molecule has 8 nitrogen and oxygen atoms in total. The minimum absolute atomic E-state index is 0.278. The van der Waals surface area contributed by atoms with Crippen LogP contribution in [0.2, 0.25) is 5.02 Å². The summed E-state index contributed by atoms with van der Waals surface area (Å²) >= 11 is 6.31. The Morgan fingerprint density at radius 3 is 2.84 bits per heavy atom. The van der Waals surface area contributed by atoms with Crippen LogP contribution in [0, 0.1) is 6.92 Å². The molecule has 1 fully saturated rings. The Balaban J connectivity index is 1.37. The molecule has 1 aliphatic rings. The van der Waals surface area contributed by atoms with Crippen LogP contribution in [0.1, 0.15) is 24.7 Å². The minimum Gasteiger partial charge on any atom is -0.357 e. The molecule has 0 spiro atoms. The van der Waals surface area contributed by atoms with Gasteiger partial charge in [-0.05, 0) is 44.0 Å². The summed E-state index contributed by atoms with van der Waals surface area (Å²) in [6.07, 6.45) is 8.32. The van der Waals surface area contributed by atoms with E-state index in [1.807, 2.05) is 42.1 Å². The second-order valence-corrected chi connectivity index (χ2v) is 7.86. The average Bonchev–Trinajstić information content (AvgIpc) is 3.42. The van der Waals surface area contributed by atoms with Crippen molar-refractivity contribution in [3.63, 3.8) is 0 Å². The zero-order valence-corrected chi connectivity index (χ0v) is 18.5. The van der Waals surface area contributed by atoms with Gasteiger partial charge in [0.1, 0.15) is 17.5 Å². The van der Waals surface area contributed by atoms with E-state index in [0.29, 0.717) is 11.6 Å². The van der Waals surface area contributed by atoms with Crippen LogP contribution >= 0.6 is 11.6 Å². The Bertz CT molecular complexity index is 1030. The highest BCUT2D eigenvalue weighted by molar-refractivity contribution is 6.32. The molecular weight excluding hydrogens is 412 g/mol. The third-order valence-corrected chi connectivity index (χ3v) is 5.51. The number of aryl methyl sites for hydroxylation is 1. The Morgan fingerprint density at radius 2 is 2.13 bits per heavy atom. The summed E-state index contributed by atoms with van der Waals surface area (Å²) in [6, 6.07) is 8.05. The van der Waals surface area contributed by atoms with Crippen molar-refractivity contribution in [1.29, 1.82) is 0 Å². The van der Waals surface area contributed by atoms with Gasteiger partial charge in [0.15, 0.2) is 5.96 Å². The molecule has 9 heteroatoms. The molecule has 0 amide bonds. The first kappa shape index (κ1) is 21.1. The van der Waals surface area contributed by atoms with E-state index in [9.17, 15) is 0 Å². The molecular formula is C22H27ClN8. The molecule has 1 atom stereocenters. The van der Waals surface area contributed by atoms with Gasteiger partial charge in [0, 0.05) is 50.5 Å². The number of pyridine rings is 2. The van der Waals surface area contributed by atoms with E-state index in [0.717, 1.165) is 55.0 Å². The van der Waals surface area contributed by atoms with Gasteiger partial charge in [-0.3, -0.25) is 4.57 Å². The topological polar surface area (TPSA) is 83.3 Å². The number of guanidine groups is 1. The maximum absolute atomic E-state index is 6.31. The number of nitrogens with zero attached hydrogens (tertiary/aromatic N) is 6. The molecule has 3 aromatic rings. The van der Waals surface area contributed by atoms with Gasteiger partial charge in [0.2, 0.25) is 0 Å². The summed E-state index contributed by atoms with van der Waals surface area (Å²) in [5, 5.41) is 7.56. The molecule has 4 rings (SSSR count). The monoisotopic (exact) mass is 438 g/mol. The molecule has 2 N–H and O–H groups in total. The molecule has 0 radical (unpaired) electrons. The zero-order valence-electron chi connectivity index (χ0n) is 17.8. The fourth-order valence-corrected chi connectivity index (χ4v) is 3.88. The molecule has 162 valence electrons. The lowest BCUT2D eigenvalue weighted by Crippen LogP contribution is -2.44. The second-order valence-electron chi connectivity index (χ2n) is 7.45. The van der Waals surface area contributed by atoms with Crippen molar-refractivity contribution >= 4 is 23.4 Å². The van der Waals surface area contributed by atoms with Gasteiger partial charge in [-0.2, -0.15) is 0 Å². The number of aromatic nitrogens is 4. The van der Waals surface area contributed by atoms with E-state index in [2.05, 4.69) is 43.5 Å². The van der Waals surface area contributed by atoms with E-state index in [-0.39, 0.29) is 6.04 Å². The summed E-state index contributed by atoms with van der Waals surface area (Å²) in [7, 11) is 0. The van der Waals surface area contributed by atoms with Crippen molar-refractivity contribution in [2.75, 3.05) is 24.5 Å². The van der Waals surface area contributed by atoms with Crippen LogP contribution in [0.15, 0.2) is 54.0 Å². The fourth-order valence-electron chi connectivity index (χ4n) is 3.64. The Hall–Kier alpha value is -3.13. The molecule has 1 aliphatic heterocycles. The maximum atomic E-state index is 6.31. The second kappa shape index (κ2) is 9.78. The van der Waals surface area contributed by atoms with E-state index < -0.39 is 0 Å². The SMILES string of the molecule is CCNC(=NCc1ccc(-n2ccnc2C)nc1)NC1CCN(c2ncccc2Cl)C1. The first-order valence-electron chi connectivity index (χ1n) is 10.5. The number of halogens is 1. The van der Waals surface area contributed by atoms with Gasteiger partial charge in [-0.25, -0.2) is 19.9 Å². The van der Waals surface area contributed by atoms with Crippen molar-refractivity contribution in [1.82, 2.24) is 30.2 Å². The van der Waals surface area contributed by atoms with Gasteiger partial charge >= 0.3 is 0 Å². The van der Waals surface area contributed by atoms with Crippen LogP contribution < -0.4 is 15.5 Å².